The Morgan fingerprint density at radius 1 is 0.617 bits per heavy atom. The highest BCUT2D eigenvalue weighted by molar-refractivity contribution is 6.00. The number of H-pyrrole nitrogens is 3. The third kappa shape index (κ3) is 41.0. The maximum absolute atomic E-state index is 15.2. The van der Waals surface area contributed by atoms with E-state index in [0.717, 1.165) is 53.7 Å². The number of aliphatic hydroxyl groups is 2. The smallest absolute Gasteiger partial charge is 0.246 e. The minimum atomic E-state index is -1.65. The van der Waals surface area contributed by atoms with Crippen LogP contribution < -0.4 is 91.6 Å². The lowest BCUT2D eigenvalue weighted by Gasteiger charge is -2.31. The molecular weight excluding hydrogens is 1730 g/mol. The van der Waals surface area contributed by atoms with Crippen LogP contribution in [0.1, 0.15) is 197 Å². The van der Waals surface area contributed by atoms with Gasteiger partial charge in [-0.05, 0) is 91.8 Å². The van der Waals surface area contributed by atoms with Gasteiger partial charge in [0.15, 0.2) is 5.96 Å². The number of unbranched alkanes of at least 4 members (excludes halogenated alkanes) is 13. The first-order chi connectivity index (χ1) is 64.2. The fourth-order valence-electron chi connectivity index (χ4n) is 15.2. The molecule has 7 rings (SSSR count). The van der Waals surface area contributed by atoms with Gasteiger partial charge in [0.2, 0.25) is 88.6 Å². The highest BCUT2D eigenvalue weighted by Gasteiger charge is 2.44. The zero-order valence-corrected chi connectivity index (χ0v) is 75.8. The summed E-state index contributed by atoms with van der Waals surface area (Å²) < 4.78 is 10.8. The number of ether oxygens (including phenoxy) is 2. The van der Waals surface area contributed by atoms with E-state index in [1.807, 2.05) is 25.1 Å². The van der Waals surface area contributed by atoms with E-state index in [9.17, 15) is 77.3 Å². The lowest BCUT2D eigenvalue weighted by molar-refractivity contribution is -0.143. The van der Waals surface area contributed by atoms with E-state index < -0.39 is 195 Å². The largest absolute Gasteiger partial charge is 0.394 e. The van der Waals surface area contributed by atoms with Gasteiger partial charge >= 0.3 is 0 Å². The van der Waals surface area contributed by atoms with E-state index in [-0.39, 0.29) is 122 Å². The van der Waals surface area contributed by atoms with E-state index in [1.165, 1.54) is 70.3 Å². The summed E-state index contributed by atoms with van der Waals surface area (Å²) in [6.45, 7) is -0.755. The number of carbonyl (C=O) groups excluding carboxylic acids is 15. The van der Waals surface area contributed by atoms with Gasteiger partial charge in [0.25, 0.3) is 0 Å². The summed E-state index contributed by atoms with van der Waals surface area (Å²) >= 11 is 0. The number of imidazole rings is 1. The van der Waals surface area contributed by atoms with Gasteiger partial charge in [0, 0.05) is 107 Å². The number of benzene rings is 2. The number of aromatic amines is 3. The number of amides is 15. The van der Waals surface area contributed by atoms with Crippen LogP contribution in [0.4, 0.5) is 0 Å². The molecule has 2 aliphatic rings. The molecule has 133 heavy (non-hydrogen) atoms. The summed E-state index contributed by atoms with van der Waals surface area (Å²) in [7, 11) is 0. The van der Waals surface area contributed by atoms with Gasteiger partial charge in [-0.3, -0.25) is 77.3 Å². The predicted molar refractivity (Wildman–Crippen MR) is 486 cm³/mol. The van der Waals surface area contributed by atoms with Crippen molar-refractivity contribution in [2.24, 2.45) is 17.2 Å². The maximum Gasteiger partial charge on any atom is 0.246 e. The number of carbonyl (C=O) groups is 15. The van der Waals surface area contributed by atoms with E-state index in [2.05, 4.69) is 110 Å². The monoisotopic (exact) mass is 1860 g/mol. The summed E-state index contributed by atoms with van der Waals surface area (Å²) in [4.78, 5) is 219. The van der Waals surface area contributed by atoms with Crippen LogP contribution >= 0.6 is 0 Å². The van der Waals surface area contributed by atoms with Crippen LogP contribution in [0, 0.1) is 5.41 Å². The first kappa shape index (κ1) is 107. The van der Waals surface area contributed by atoms with Crippen molar-refractivity contribution in [2.45, 2.75) is 266 Å². The fourth-order valence-corrected chi connectivity index (χ4v) is 15.2. The first-order valence-electron chi connectivity index (χ1n) is 46.1. The molecule has 2 aliphatic heterocycles. The summed E-state index contributed by atoms with van der Waals surface area (Å²) in [6, 6.07) is 1.08. The molecular formula is C88H136N26O19. The lowest BCUT2D eigenvalue weighted by Crippen LogP contribution is -2.60. The Hall–Kier alpha value is -12.6. The molecule has 15 amide bonds. The van der Waals surface area contributed by atoms with Crippen LogP contribution in [0.5, 0.6) is 0 Å². The Labute approximate surface area is 772 Å². The molecule has 5 heterocycles. The summed E-state index contributed by atoms with van der Waals surface area (Å²) in [5, 5.41) is 80.5. The molecule has 5 aromatic rings. The van der Waals surface area contributed by atoms with Gasteiger partial charge in [0.05, 0.1) is 58.0 Å². The van der Waals surface area contributed by atoms with Crippen molar-refractivity contribution in [1.82, 2.24) is 115 Å². The van der Waals surface area contributed by atoms with Crippen molar-refractivity contribution >= 4 is 105 Å². The molecule has 0 spiro atoms. The van der Waals surface area contributed by atoms with E-state index in [0.29, 0.717) is 42.6 Å². The molecule has 3 aromatic heterocycles. The van der Waals surface area contributed by atoms with Crippen LogP contribution in [-0.4, -0.2) is 291 Å². The van der Waals surface area contributed by atoms with E-state index in [1.54, 1.807) is 42.6 Å². The van der Waals surface area contributed by atoms with Crippen LogP contribution in [-0.2, 0) is 107 Å². The average Bonchev–Trinajstić information content (AvgIpc) is 1.40. The van der Waals surface area contributed by atoms with Crippen LogP contribution in [0.15, 0.2) is 73.3 Å². The van der Waals surface area contributed by atoms with Crippen molar-refractivity contribution in [1.29, 1.82) is 5.41 Å². The number of aryl methyl sites for hydroxylation is 1. The molecule has 0 bridgehead atoms. The number of nitrogens with one attached hydrogen (secondary N) is 18. The second-order valence-electron chi connectivity index (χ2n) is 33.3. The molecule has 2 fully saturated rings. The number of rotatable bonds is 54. The van der Waals surface area contributed by atoms with Crippen molar-refractivity contribution < 1.29 is 91.6 Å². The molecule has 0 aliphatic carbocycles. The maximum atomic E-state index is 15.2. The Morgan fingerprint density at radius 2 is 1.28 bits per heavy atom. The van der Waals surface area contributed by atoms with Crippen LogP contribution in [0.3, 0.4) is 0 Å². The van der Waals surface area contributed by atoms with E-state index >= 15 is 4.79 Å². The summed E-state index contributed by atoms with van der Waals surface area (Å²) in [5.41, 5.74) is 20.1. The van der Waals surface area contributed by atoms with E-state index in [4.69, 9.17) is 32.1 Å². The number of hydrogen-bond donors (Lipinski definition) is 23. The average molecular weight is 1860 g/mol. The summed E-state index contributed by atoms with van der Waals surface area (Å²) in [5.74, 6) is -11.5. The number of tetrazole rings is 1. The van der Waals surface area contributed by atoms with Gasteiger partial charge in [-0.15, -0.1) is 5.10 Å². The second kappa shape index (κ2) is 60.4. The number of primary amides is 1. The minimum absolute atomic E-state index is 0.0148. The highest BCUT2D eigenvalue weighted by Crippen LogP contribution is 2.24. The molecule has 2 saturated heterocycles. The molecule has 732 valence electrons. The number of aliphatic hydroxyl groups excluding tert-OH is 2. The van der Waals surface area contributed by atoms with Crippen molar-refractivity contribution in [2.75, 3.05) is 78.8 Å². The molecule has 45 heteroatoms. The normalized spacial score (nSPS) is 18.7. The number of fused-ring (bicyclic) bond motifs is 2. The van der Waals surface area contributed by atoms with Gasteiger partial charge in [-0.25, -0.2) is 10.1 Å². The Morgan fingerprint density at radius 3 is 1.98 bits per heavy atom. The molecule has 26 N–H and O–H groups in total. The topological polar surface area (TPSA) is 687 Å². The molecule has 2 aromatic carbocycles. The number of aromatic nitrogens is 7. The van der Waals surface area contributed by atoms with Crippen LogP contribution in [0.25, 0.3) is 10.9 Å². The standard InChI is InChI=1S/C88H136N26O19/c1-2-3-28-64(104-79(123)61(89)36-39-96-80(124)69(46-58-49-93-55-101-58)108-85(129)70(53-115)102-76(120)51-99-75(119)50-100-77(121)54-133-43-42-132-41-40-95-73(117)33-19-14-12-10-8-6-4-5-7-9-11-13-18-32-72-110-112-113-111-72)81(125)106-66-34-35-74(118)94-37-23-22-30-63(78(90)122)103-84(128)68(45-57-48-98-62-29-21-20-27-60(57)62)107-82(126)65(31-24-38-97-88(91)92)105-83(127)67(44-56-25-16-15-17-26-56)109-86(130)71-47-59(116)52-114(71)87(66)131/h15-17,20-21,25-27,29,48-49,55,59,61,63-71,98,115-116H,2-14,18-19,22-24,28,30-47,50-54,89H2,1H3,(H2,90,122)(H,93,101)(H,94,118)(H,95,117)(H,96,124)(H,99,119)(H,100,121)(H,102,120)(H,103,128)(H,104,123)(H,105,127)(H,106,125)(H,107,126)(H,108,129)(H,109,130)(H4,91,92,97)(H,110,111,112,113)/t59-,61+,63+,64+,65+,66+,67-,68+,69+,70-,71+/m1/s1. The number of para-hydroxylation sites is 1. The van der Waals surface area contributed by atoms with Gasteiger partial charge in [-0.2, -0.15) is 0 Å². The fraction of sp³-hybridized carbons (Fsp3) is 0.614. The van der Waals surface area contributed by atoms with Crippen molar-refractivity contribution in [3.63, 3.8) is 0 Å². The summed E-state index contributed by atoms with van der Waals surface area (Å²) in [6.07, 6.45) is 18.8. The zero-order chi connectivity index (χ0) is 96.1. The molecule has 11 atom stereocenters. The predicted octanol–water partition coefficient (Wildman–Crippen LogP) is -2.80. The molecule has 0 unspecified atom stereocenters. The first-order valence-corrected chi connectivity index (χ1v) is 46.1. The van der Waals surface area contributed by atoms with Crippen molar-refractivity contribution in [3.8, 4) is 0 Å². The van der Waals surface area contributed by atoms with Crippen molar-refractivity contribution in [3.05, 3.63) is 96.0 Å². The Kier molecular flexibility index (Phi) is 48.8. The van der Waals surface area contributed by atoms with Gasteiger partial charge < -0.3 is 126 Å². The van der Waals surface area contributed by atoms with Crippen LogP contribution in [0.2, 0.25) is 0 Å². The molecule has 0 radical (unpaired) electrons. The Bertz CT molecular complexity index is 4490. The SMILES string of the molecule is CCCC[C@H](NC(=O)[C@@H](N)CCNC(=O)[C@H](Cc1cnc[nH]1)NC(=O)[C@@H](CO)NC(=O)CNC(=O)CNC(=O)COCCOCCNC(=O)CCCCCCCCCCCCCCCc1nnn[nH]1)C(=O)N[C@H]1CCC(=O)NCCCC[C@@H](C(N)=O)NC(=O)[C@H](Cc2c[nH]c3ccccc23)NC(=O)[C@H](CCCNC(=N)N)NC(=O)[C@@H](Cc2ccccc2)NC(=O)[C@@H]2C[C@@H](O)CN2C1=O. The third-order valence-corrected chi connectivity index (χ3v) is 22.6. The number of hydrogen-bond acceptors (Lipinski definition) is 25. The highest BCUT2D eigenvalue weighted by atomic mass is 16.5. The molecule has 45 nitrogen and oxygen atoms in total. The molecule has 0 saturated carbocycles. The van der Waals surface area contributed by atoms with Gasteiger partial charge in [0.1, 0.15) is 66.8 Å². The Balaban J connectivity index is 0.880. The third-order valence-electron chi connectivity index (χ3n) is 22.6. The van der Waals surface area contributed by atoms with Gasteiger partial charge in [-0.1, -0.05) is 139 Å². The number of nitrogens with two attached hydrogens (primary N) is 3. The zero-order valence-electron chi connectivity index (χ0n) is 75.8. The second-order valence-corrected chi connectivity index (χ2v) is 33.3. The lowest BCUT2D eigenvalue weighted by atomic mass is 10.0. The minimum Gasteiger partial charge on any atom is -0.394 e. The number of nitrogens with zero attached hydrogens (tertiary/aromatic N) is 5. The number of guanidine groups is 1. The quantitative estimate of drug-likeness (QED) is 0.0106.